The van der Waals surface area contributed by atoms with Gasteiger partial charge in [0.25, 0.3) is 0 Å². The van der Waals surface area contributed by atoms with Gasteiger partial charge in [0.15, 0.2) is 0 Å². The normalized spacial score (nSPS) is 15.4. The summed E-state index contributed by atoms with van der Waals surface area (Å²) in [6.45, 7) is 23.4. The molecule has 1 unspecified atom stereocenters. The van der Waals surface area contributed by atoms with E-state index in [0.29, 0.717) is 0 Å². The summed E-state index contributed by atoms with van der Waals surface area (Å²) in [4.78, 5) is 0. The Morgan fingerprint density at radius 3 is 2.05 bits per heavy atom. The summed E-state index contributed by atoms with van der Waals surface area (Å²) in [5, 5.41) is 3.70. The lowest BCUT2D eigenvalue weighted by atomic mass is 9.80. The first kappa shape index (κ1) is 18.9. The fourth-order valence-corrected chi connectivity index (χ4v) is 2.02. The molecule has 0 bridgehead atoms. The van der Waals surface area contributed by atoms with Crippen molar-refractivity contribution in [3.8, 4) is 0 Å². The molecule has 0 rings (SSSR count). The minimum Gasteiger partial charge on any atom is -0.305 e. The van der Waals surface area contributed by atoms with Crippen LogP contribution in [0.2, 0.25) is 0 Å². The van der Waals surface area contributed by atoms with Crippen molar-refractivity contribution < 1.29 is 0 Å². The largest absolute Gasteiger partial charge is 0.305 e. The Balaban J connectivity index is 5.18. The molecule has 0 aliphatic rings. The third-order valence-electron chi connectivity index (χ3n) is 3.25. The van der Waals surface area contributed by atoms with E-state index in [2.05, 4.69) is 79.1 Å². The molecule has 0 aliphatic carbocycles. The second-order valence-corrected chi connectivity index (χ2v) is 7.38. The van der Waals surface area contributed by atoms with Crippen LogP contribution in [0.3, 0.4) is 0 Å². The van der Waals surface area contributed by atoms with Crippen LogP contribution in [0.5, 0.6) is 0 Å². The fourth-order valence-electron chi connectivity index (χ4n) is 2.02. The van der Waals surface area contributed by atoms with Gasteiger partial charge in [-0.3, -0.25) is 0 Å². The molecule has 0 aromatic rings. The average Bonchev–Trinajstić information content (AvgIpc) is 2.29. The molecular formula is C19H33N. The Bertz CT molecular complexity index is 383. The highest BCUT2D eigenvalue weighted by Crippen LogP contribution is 2.30. The van der Waals surface area contributed by atoms with Crippen molar-refractivity contribution in [3.63, 3.8) is 0 Å². The van der Waals surface area contributed by atoms with E-state index in [9.17, 15) is 0 Å². The number of hydrogen-bond acceptors (Lipinski definition) is 1. The summed E-state index contributed by atoms with van der Waals surface area (Å²) in [7, 11) is 0. The van der Waals surface area contributed by atoms with Gasteiger partial charge in [0.2, 0.25) is 0 Å². The minimum absolute atomic E-state index is 0.0693. The first-order valence-corrected chi connectivity index (χ1v) is 7.42. The van der Waals surface area contributed by atoms with Crippen molar-refractivity contribution in [1.29, 1.82) is 0 Å². The molecule has 20 heavy (non-hydrogen) atoms. The summed E-state index contributed by atoms with van der Waals surface area (Å²) in [6, 6.07) is 0.274. The standard InChI is InChI=1S/C19H33N/c1-10-12-13-16(11-2)14-17(20-19(7,8)9)15(3)18(4,5)6/h10-13,17,20H,1,3,14H2,2,4-9H3/b13-12-,16-11+. The Labute approximate surface area is 126 Å². The first-order valence-electron chi connectivity index (χ1n) is 7.42. The SMILES string of the molecule is C=C/C=C\C(=C/C)CC(NC(C)(C)C)C(=C)C(C)(C)C. The molecular weight excluding hydrogens is 242 g/mol. The lowest BCUT2D eigenvalue weighted by Gasteiger charge is -2.35. The first-order chi connectivity index (χ1) is 9.01. The molecule has 0 amide bonds. The van der Waals surface area contributed by atoms with Crippen molar-refractivity contribution in [2.75, 3.05) is 0 Å². The van der Waals surface area contributed by atoms with Gasteiger partial charge in [-0.2, -0.15) is 0 Å². The molecule has 0 saturated heterocycles. The van der Waals surface area contributed by atoms with E-state index in [1.807, 2.05) is 12.2 Å². The molecule has 0 aromatic carbocycles. The topological polar surface area (TPSA) is 12.0 Å². The molecule has 0 fully saturated rings. The molecule has 1 heteroatoms. The maximum absolute atomic E-state index is 4.34. The zero-order valence-electron chi connectivity index (χ0n) is 14.5. The molecule has 1 N–H and O–H groups in total. The maximum atomic E-state index is 4.34. The van der Waals surface area contributed by atoms with Crippen LogP contribution in [0.15, 0.2) is 48.6 Å². The van der Waals surface area contributed by atoms with E-state index in [-0.39, 0.29) is 17.0 Å². The summed E-state index contributed by atoms with van der Waals surface area (Å²) in [5.74, 6) is 0. The molecule has 1 nitrogen and oxygen atoms in total. The fraction of sp³-hybridized carbons (Fsp3) is 0.579. The molecule has 0 heterocycles. The van der Waals surface area contributed by atoms with Crippen LogP contribution in [0, 0.1) is 5.41 Å². The van der Waals surface area contributed by atoms with Gasteiger partial charge in [-0.1, -0.05) is 69.4 Å². The Hall–Kier alpha value is -1.08. The average molecular weight is 275 g/mol. The molecule has 0 aliphatic heterocycles. The predicted octanol–water partition coefficient (Wildman–Crippen LogP) is 5.42. The van der Waals surface area contributed by atoms with Crippen molar-refractivity contribution in [1.82, 2.24) is 5.32 Å². The van der Waals surface area contributed by atoms with Crippen LogP contribution in [0.25, 0.3) is 0 Å². The van der Waals surface area contributed by atoms with Crippen LogP contribution in [0.4, 0.5) is 0 Å². The predicted molar refractivity (Wildman–Crippen MR) is 93.0 cm³/mol. The molecule has 1 atom stereocenters. The molecule has 114 valence electrons. The van der Waals surface area contributed by atoms with Crippen LogP contribution in [-0.2, 0) is 0 Å². The number of allylic oxidation sites excluding steroid dienone is 4. The maximum Gasteiger partial charge on any atom is 0.0326 e. The van der Waals surface area contributed by atoms with Gasteiger partial charge >= 0.3 is 0 Å². The Kier molecular flexibility index (Phi) is 7.22. The molecule has 0 radical (unpaired) electrons. The van der Waals surface area contributed by atoms with Crippen LogP contribution < -0.4 is 5.32 Å². The Morgan fingerprint density at radius 1 is 1.15 bits per heavy atom. The zero-order valence-corrected chi connectivity index (χ0v) is 14.5. The monoisotopic (exact) mass is 275 g/mol. The summed E-state index contributed by atoms with van der Waals surface area (Å²) >= 11 is 0. The summed E-state index contributed by atoms with van der Waals surface area (Å²) in [5.41, 5.74) is 2.72. The van der Waals surface area contributed by atoms with Crippen molar-refractivity contribution in [2.24, 2.45) is 5.41 Å². The van der Waals surface area contributed by atoms with E-state index < -0.39 is 0 Å². The van der Waals surface area contributed by atoms with E-state index >= 15 is 0 Å². The van der Waals surface area contributed by atoms with Crippen LogP contribution >= 0.6 is 0 Å². The van der Waals surface area contributed by atoms with Crippen molar-refractivity contribution in [3.05, 3.63) is 48.6 Å². The van der Waals surface area contributed by atoms with E-state index in [0.717, 1.165) is 6.42 Å². The highest BCUT2D eigenvalue weighted by atomic mass is 15.0. The third-order valence-corrected chi connectivity index (χ3v) is 3.25. The summed E-state index contributed by atoms with van der Waals surface area (Å²) in [6.07, 6.45) is 9.04. The summed E-state index contributed by atoms with van der Waals surface area (Å²) < 4.78 is 0. The van der Waals surface area contributed by atoms with Gasteiger partial charge in [-0.05, 0) is 39.5 Å². The van der Waals surface area contributed by atoms with Crippen LogP contribution in [-0.4, -0.2) is 11.6 Å². The van der Waals surface area contributed by atoms with Gasteiger partial charge in [-0.15, -0.1) is 0 Å². The van der Waals surface area contributed by atoms with E-state index in [1.54, 1.807) is 0 Å². The van der Waals surface area contributed by atoms with Gasteiger partial charge < -0.3 is 5.32 Å². The van der Waals surface area contributed by atoms with Crippen LogP contribution in [0.1, 0.15) is 54.9 Å². The molecule has 0 saturated carbocycles. The quantitative estimate of drug-likeness (QED) is 0.504. The smallest absolute Gasteiger partial charge is 0.0326 e. The number of hydrogen-bond donors (Lipinski definition) is 1. The van der Waals surface area contributed by atoms with Crippen molar-refractivity contribution in [2.45, 2.75) is 66.5 Å². The van der Waals surface area contributed by atoms with Gasteiger partial charge in [-0.25, -0.2) is 0 Å². The highest BCUT2D eigenvalue weighted by Gasteiger charge is 2.26. The second kappa shape index (κ2) is 7.64. The van der Waals surface area contributed by atoms with Gasteiger partial charge in [0.05, 0.1) is 0 Å². The van der Waals surface area contributed by atoms with E-state index in [1.165, 1.54) is 11.1 Å². The lowest BCUT2D eigenvalue weighted by molar-refractivity contribution is 0.343. The van der Waals surface area contributed by atoms with Crippen molar-refractivity contribution >= 4 is 0 Å². The van der Waals surface area contributed by atoms with Gasteiger partial charge in [0, 0.05) is 11.6 Å². The number of rotatable bonds is 6. The second-order valence-electron chi connectivity index (χ2n) is 7.38. The minimum atomic E-state index is 0.0693. The number of nitrogens with one attached hydrogen (secondary N) is 1. The molecule has 0 aromatic heterocycles. The zero-order chi connectivity index (χ0) is 16.0. The van der Waals surface area contributed by atoms with Gasteiger partial charge in [0.1, 0.15) is 0 Å². The third kappa shape index (κ3) is 7.49. The highest BCUT2D eigenvalue weighted by molar-refractivity contribution is 5.26. The molecule has 0 spiro atoms. The van der Waals surface area contributed by atoms with E-state index in [4.69, 9.17) is 0 Å². The lowest BCUT2D eigenvalue weighted by Crippen LogP contribution is -2.46. The Morgan fingerprint density at radius 2 is 1.70 bits per heavy atom.